The molecule has 2 aromatic heterocycles. The Balaban J connectivity index is 1.24. The van der Waals surface area contributed by atoms with Gasteiger partial charge in [0.05, 0.1) is 16.3 Å². The van der Waals surface area contributed by atoms with E-state index in [-0.39, 0.29) is 23.2 Å². The Morgan fingerprint density at radius 3 is 2.53 bits per heavy atom. The lowest BCUT2D eigenvalue weighted by atomic mass is 10.1. The van der Waals surface area contributed by atoms with Crippen LogP contribution in [0.5, 0.6) is 5.75 Å². The number of amides is 1. The molecular formula is C28H23N3O4S. The molecule has 180 valence electrons. The van der Waals surface area contributed by atoms with Crippen LogP contribution >= 0.6 is 0 Å². The van der Waals surface area contributed by atoms with Crippen LogP contribution in [-0.2, 0) is 22.2 Å². The lowest BCUT2D eigenvalue weighted by Gasteiger charge is -2.10. The highest BCUT2D eigenvalue weighted by atomic mass is 32.2. The molecule has 36 heavy (non-hydrogen) atoms. The summed E-state index contributed by atoms with van der Waals surface area (Å²) in [4.78, 5) is 17.6. The molecule has 3 aromatic carbocycles. The predicted octanol–water partition coefficient (Wildman–Crippen LogP) is 5.14. The summed E-state index contributed by atoms with van der Waals surface area (Å²) in [5.74, 6) is 0.0591. The Kier molecular flexibility index (Phi) is 6.51. The number of carbonyl (C=O) groups excluding carboxylic acids is 1. The SMILES string of the molecule is O=C(Nc1cccc(OCc2cn3ccccc3n2)c1)c1cccc(CS(=O)(=O)c2ccccc2)c1. The van der Waals surface area contributed by atoms with Crippen LogP contribution in [0.4, 0.5) is 5.69 Å². The largest absolute Gasteiger partial charge is 0.487 e. The van der Waals surface area contributed by atoms with Gasteiger partial charge in [0.1, 0.15) is 18.0 Å². The average Bonchev–Trinajstić information content (AvgIpc) is 3.31. The fourth-order valence-corrected chi connectivity index (χ4v) is 5.17. The molecule has 0 unspecified atom stereocenters. The highest BCUT2D eigenvalue weighted by Gasteiger charge is 2.16. The number of aromatic nitrogens is 2. The lowest BCUT2D eigenvalue weighted by Crippen LogP contribution is -2.13. The van der Waals surface area contributed by atoms with Gasteiger partial charge >= 0.3 is 0 Å². The number of fused-ring (bicyclic) bond motifs is 1. The minimum atomic E-state index is -3.51. The first kappa shape index (κ1) is 23.3. The number of benzene rings is 3. The molecule has 0 bridgehead atoms. The van der Waals surface area contributed by atoms with E-state index in [0.717, 1.165) is 11.3 Å². The van der Waals surface area contributed by atoms with Crippen LogP contribution in [0, 0.1) is 0 Å². The summed E-state index contributed by atoms with van der Waals surface area (Å²) in [5.41, 5.74) is 3.10. The molecule has 0 spiro atoms. The average molecular weight is 498 g/mol. The van der Waals surface area contributed by atoms with Crippen molar-refractivity contribution in [1.29, 1.82) is 0 Å². The number of carbonyl (C=O) groups is 1. The normalized spacial score (nSPS) is 11.3. The van der Waals surface area contributed by atoms with Crippen molar-refractivity contribution in [3.8, 4) is 5.75 Å². The number of anilines is 1. The van der Waals surface area contributed by atoms with Crippen LogP contribution in [0.15, 0.2) is 114 Å². The third-order valence-electron chi connectivity index (χ3n) is 5.54. The summed E-state index contributed by atoms with van der Waals surface area (Å²) in [7, 11) is -3.51. The number of rotatable bonds is 8. The van der Waals surface area contributed by atoms with E-state index in [4.69, 9.17) is 4.74 Å². The molecule has 0 aliphatic heterocycles. The first-order valence-corrected chi connectivity index (χ1v) is 13.0. The van der Waals surface area contributed by atoms with Gasteiger partial charge in [-0.2, -0.15) is 0 Å². The number of hydrogen-bond acceptors (Lipinski definition) is 5. The number of nitrogens with zero attached hydrogens (tertiary/aromatic N) is 2. The van der Waals surface area contributed by atoms with E-state index in [1.165, 1.54) is 0 Å². The van der Waals surface area contributed by atoms with E-state index in [1.54, 1.807) is 78.9 Å². The molecule has 1 amide bonds. The molecule has 1 N–H and O–H groups in total. The van der Waals surface area contributed by atoms with Crippen molar-refractivity contribution >= 4 is 27.1 Å². The summed E-state index contributed by atoms with van der Waals surface area (Å²) in [6.07, 6.45) is 3.83. The van der Waals surface area contributed by atoms with Gasteiger partial charge in [0.25, 0.3) is 5.91 Å². The summed E-state index contributed by atoms with van der Waals surface area (Å²) in [6, 6.07) is 27.8. The van der Waals surface area contributed by atoms with Crippen LogP contribution in [0.3, 0.4) is 0 Å². The van der Waals surface area contributed by atoms with Crippen molar-refractivity contribution < 1.29 is 17.9 Å². The third kappa shape index (κ3) is 5.45. The number of sulfone groups is 1. The molecule has 0 saturated carbocycles. The Morgan fingerprint density at radius 1 is 0.889 bits per heavy atom. The van der Waals surface area contributed by atoms with Crippen LogP contribution in [0.25, 0.3) is 5.65 Å². The van der Waals surface area contributed by atoms with Gasteiger partial charge in [-0.05, 0) is 54.1 Å². The highest BCUT2D eigenvalue weighted by Crippen LogP contribution is 2.21. The van der Waals surface area contributed by atoms with E-state index in [0.29, 0.717) is 22.6 Å². The second kappa shape index (κ2) is 10.1. The molecule has 7 nitrogen and oxygen atoms in total. The van der Waals surface area contributed by atoms with Crippen LogP contribution in [-0.4, -0.2) is 23.7 Å². The zero-order valence-electron chi connectivity index (χ0n) is 19.2. The zero-order valence-corrected chi connectivity index (χ0v) is 20.1. The van der Waals surface area contributed by atoms with Crippen molar-refractivity contribution in [1.82, 2.24) is 9.38 Å². The second-order valence-corrected chi connectivity index (χ2v) is 10.2. The van der Waals surface area contributed by atoms with Crippen molar-refractivity contribution in [2.75, 3.05) is 5.32 Å². The number of pyridine rings is 1. The van der Waals surface area contributed by atoms with Gasteiger partial charge in [0, 0.05) is 29.7 Å². The van der Waals surface area contributed by atoms with Gasteiger partial charge in [-0.3, -0.25) is 4.79 Å². The van der Waals surface area contributed by atoms with Crippen LogP contribution in [0.2, 0.25) is 0 Å². The molecule has 0 saturated heterocycles. The first-order valence-electron chi connectivity index (χ1n) is 11.3. The second-order valence-electron chi connectivity index (χ2n) is 8.24. The van der Waals surface area contributed by atoms with Crippen molar-refractivity contribution in [3.05, 3.63) is 126 Å². The summed E-state index contributed by atoms with van der Waals surface area (Å²) in [6.45, 7) is 0.289. The van der Waals surface area contributed by atoms with E-state index in [1.807, 2.05) is 35.0 Å². The van der Waals surface area contributed by atoms with Crippen molar-refractivity contribution in [2.24, 2.45) is 0 Å². The molecule has 5 aromatic rings. The summed E-state index contributed by atoms with van der Waals surface area (Å²) >= 11 is 0. The molecule has 0 atom stereocenters. The maximum atomic E-state index is 12.9. The highest BCUT2D eigenvalue weighted by molar-refractivity contribution is 7.90. The Bertz CT molecular complexity index is 1600. The van der Waals surface area contributed by atoms with Crippen molar-refractivity contribution in [2.45, 2.75) is 17.3 Å². The lowest BCUT2D eigenvalue weighted by molar-refractivity contribution is 0.102. The number of nitrogens with one attached hydrogen (secondary N) is 1. The number of ether oxygens (including phenoxy) is 1. The van der Waals surface area contributed by atoms with Crippen molar-refractivity contribution in [3.63, 3.8) is 0 Å². The maximum absolute atomic E-state index is 12.9. The number of imidazole rings is 1. The van der Waals surface area contributed by atoms with Gasteiger partial charge in [-0.15, -0.1) is 0 Å². The molecular weight excluding hydrogens is 474 g/mol. The Hall–Kier alpha value is -4.43. The molecule has 2 heterocycles. The smallest absolute Gasteiger partial charge is 0.255 e. The fraction of sp³-hybridized carbons (Fsp3) is 0.0714. The summed E-state index contributed by atoms with van der Waals surface area (Å²) in [5, 5.41) is 2.85. The van der Waals surface area contributed by atoms with E-state index in [9.17, 15) is 13.2 Å². The van der Waals surface area contributed by atoms with Crippen LogP contribution in [0.1, 0.15) is 21.6 Å². The van der Waals surface area contributed by atoms with E-state index < -0.39 is 9.84 Å². The van der Waals surface area contributed by atoms with Crippen LogP contribution < -0.4 is 10.1 Å². The maximum Gasteiger partial charge on any atom is 0.255 e. The predicted molar refractivity (Wildman–Crippen MR) is 138 cm³/mol. The van der Waals surface area contributed by atoms with Gasteiger partial charge in [-0.25, -0.2) is 13.4 Å². The quantitative estimate of drug-likeness (QED) is 0.321. The molecule has 0 aliphatic carbocycles. The van der Waals surface area contributed by atoms with Gasteiger partial charge < -0.3 is 14.5 Å². The minimum Gasteiger partial charge on any atom is -0.487 e. The molecule has 8 heteroatoms. The van der Waals surface area contributed by atoms with Gasteiger partial charge in [-0.1, -0.05) is 42.5 Å². The number of hydrogen-bond donors (Lipinski definition) is 1. The van der Waals surface area contributed by atoms with Gasteiger partial charge in [0.15, 0.2) is 9.84 Å². The minimum absolute atomic E-state index is 0.190. The summed E-state index contributed by atoms with van der Waals surface area (Å²) < 4.78 is 33.2. The Morgan fingerprint density at radius 2 is 1.69 bits per heavy atom. The van der Waals surface area contributed by atoms with E-state index >= 15 is 0 Å². The standard InChI is InChI=1S/C28H23N3O4S/c32-28(22-9-6-8-21(16-22)20-36(33,34)26-12-2-1-3-13-26)30-23-10-7-11-25(17-23)35-19-24-18-31-15-5-4-14-27(31)29-24/h1-18H,19-20H2,(H,30,32). The van der Waals surface area contributed by atoms with E-state index in [2.05, 4.69) is 10.3 Å². The fourth-order valence-electron chi connectivity index (χ4n) is 3.81. The Labute approximate surface area is 208 Å². The van der Waals surface area contributed by atoms with Gasteiger partial charge in [0.2, 0.25) is 0 Å². The first-order chi connectivity index (χ1) is 17.5. The molecule has 5 rings (SSSR count). The molecule has 0 fully saturated rings. The third-order valence-corrected chi connectivity index (χ3v) is 7.24. The molecule has 0 aliphatic rings. The molecule has 0 radical (unpaired) electrons. The zero-order chi connectivity index (χ0) is 25.0. The monoisotopic (exact) mass is 497 g/mol. The topological polar surface area (TPSA) is 89.8 Å².